The van der Waals surface area contributed by atoms with Gasteiger partial charge in [-0.05, 0) is 19.9 Å². The maximum atomic E-state index is 11.7. The number of likely N-dealkylation sites (N-methyl/N-ethyl adjacent to an activating group) is 1. The van der Waals surface area contributed by atoms with Crippen molar-refractivity contribution in [1.82, 2.24) is 10.2 Å². The third-order valence-electron chi connectivity index (χ3n) is 2.62. The van der Waals surface area contributed by atoms with Crippen LogP contribution < -0.4 is 5.32 Å². The van der Waals surface area contributed by atoms with Gasteiger partial charge in [0.05, 0.1) is 0 Å². The topological polar surface area (TPSA) is 32.3 Å². The minimum Gasteiger partial charge on any atom is -0.338 e. The molecule has 1 rings (SSSR count). The van der Waals surface area contributed by atoms with E-state index in [1.807, 2.05) is 11.9 Å². The predicted molar refractivity (Wildman–Crippen MR) is 56.7 cm³/mol. The monoisotopic (exact) mass is 194 g/mol. The molecule has 0 aromatic rings. The summed E-state index contributed by atoms with van der Waals surface area (Å²) >= 11 is 0. The van der Waals surface area contributed by atoms with Crippen molar-refractivity contribution in [2.75, 3.05) is 20.1 Å². The first kappa shape index (κ1) is 11.1. The van der Waals surface area contributed by atoms with Crippen molar-refractivity contribution in [3.05, 3.63) is 0 Å². The number of amides is 1. The van der Waals surface area contributed by atoms with Gasteiger partial charge < -0.3 is 10.2 Å². The van der Waals surface area contributed by atoms with Crippen molar-refractivity contribution in [2.24, 2.45) is 0 Å². The summed E-state index contributed by atoms with van der Waals surface area (Å²) in [6.07, 6.45) is 8.42. The number of terminal acetylenes is 1. The lowest BCUT2D eigenvalue weighted by Gasteiger charge is -2.24. The van der Waals surface area contributed by atoms with Crippen LogP contribution in [0, 0.1) is 12.3 Å². The van der Waals surface area contributed by atoms with Gasteiger partial charge in [-0.25, -0.2) is 0 Å². The van der Waals surface area contributed by atoms with Crippen LogP contribution in [-0.4, -0.2) is 37.0 Å². The molecule has 1 aliphatic rings. The number of nitrogens with one attached hydrogen (secondary N) is 1. The van der Waals surface area contributed by atoms with Crippen LogP contribution in [0.4, 0.5) is 0 Å². The highest BCUT2D eigenvalue weighted by atomic mass is 16.2. The molecule has 1 atom stereocenters. The molecule has 1 aliphatic heterocycles. The van der Waals surface area contributed by atoms with E-state index in [-0.39, 0.29) is 5.91 Å². The standard InChI is InChI=1S/C11H18N2O/c1-3-4-7-11(14)13-8-5-6-10(13)9-12-2/h1,10,12H,4-9H2,2H3. The molecular formula is C11H18N2O. The zero-order valence-electron chi connectivity index (χ0n) is 8.75. The van der Waals surface area contributed by atoms with Gasteiger partial charge in [-0.1, -0.05) is 0 Å². The fraction of sp³-hybridized carbons (Fsp3) is 0.727. The maximum Gasteiger partial charge on any atom is 0.223 e. The Labute approximate surface area is 85.9 Å². The Balaban J connectivity index is 2.41. The highest BCUT2D eigenvalue weighted by Crippen LogP contribution is 2.17. The van der Waals surface area contributed by atoms with Gasteiger partial charge in [-0.3, -0.25) is 4.79 Å². The van der Waals surface area contributed by atoms with Gasteiger partial charge in [-0.15, -0.1) is 12.3 Å². The van der Waals surface area contributed by atoms with Crippen molar-refractivity contribution in [2.45, 2.75) is 31.7 Å². The van der Waals surface area contributed by atoms with E-state index >= 15 is 0 Å². The predicted octanol–water partition coefficient (Wildman–Crippen LogP) is 0.610. The molecular weight excluding hydrogens is 176 g/mol. The van der Waals surface area contributed by atoms with Gasteiger partial charge in [0.25, 0.3) is 0 Å². The Hall–Kier alpha value is -1.01. The van der Waals surface area contributed by atoms with Crippen LogP contribution in [0.5, 0.6) is 0 Å². The molecule has 14 heavy (non-hydrogen) atoms. The van der Waals surface area contributed by atoms with Crippen LogP contribution in [-0.2, 0) is 4.79 Å². The highest BCUT2D eigenvalue weighted by molar-refractivity contribution is 5.77. The second kappa shape index (κ2) is 5.66. The maximum absolute atomic E-state index is 11.7. The summed E-state index contributed by atoms with van der Waals surface area (Å²) in [6, 6.07) is 0.380. The van der Waals surface area contributed by atoms with Crippen molar-refractivity contribution in [3.63, 3.8) is 0 Å². The summed E-state index contributed by atoms with van der Waals surface area (Å²) in [6.45, 7) is 1.79. The molecule has 0 radical (unpaired) electrons. The molecule has 1 amide bonds. The molecule has 3 heteroatoms. The number of carbonyl (C=O) groups is 1. The Morgan fingerprint density at radius 2 is 2.50 bits per heavy atom. The minimum absolute atomic E-state index is 0.209. The molecule has 0 aliphatic carbocycles. The van der Waals surface area contributed by atoms with Crippen molar-refractivity contribution in [3.8, 4) is 12.3 Å². The number of hydrogen-bond acceptors (Lipinski definition) is 2. The number of hydrogen-bond donors (Lipinski definition) is 1. The fourth-order valence-corrected chi connectivity index (χ4v) is 1.93. The quantitative estimate of drug-likeness (QED) is 0.665. The second-order valence-electron chi connectivity index (χ2n) is 3.64. The lowest BCUT2D eigenvalue weighted by Crippen LogP contribution is -2.40. The molecule has 0 aromatic heterocycles. The largest absolute Gasteiger partial charge is 0.338 e. The van der Waals surface area contributed by atoms with E-state index in [2.05, 4.69) is 11.2 Å². The zero-order chi connectivity index (χ0) is 10.4. The molecule has 1 saturated heterocycles. The van der Waals surface area contributed by atoms with E-state index in [1.165, 1.54) is 0 Å². The average Bonchev–Trinajstić information content (AvgIpc) is 2.63. The molecule has 1 heterocycles. The van der Waals surface area contributed by atoms with Gasteiger partial charge >= 0.3 is 0 Å². The third-order valence-corrected chi connectivity index (χ3v) is 2.62. The first-order valence-electron chi connectivity index (χ1n) is 5.17. The van der Waals surface area contributed by atoms with E-state index in [4.69, 9.17) is 6.42 Å². The lowest BCUT2D eigenvalue weighted by atomic mass is 10.2. The summed E-state index contributed by atoms with van der Waals surface area (Å²) in [7, 11) is 1.92. The van der Waals surface area contributed by atoms with Crippen LogP contribution in [0.3, 0.4) is 0 Å². The van der Waals surface area contributed by atoms with E-state index in [9.17, 15) is 4.79 Å². The van der Waals surface area contributed by atoms with Crippen LogP contribution >= 0.6 is 0 Å². The molecule has 1 fully saturated rings. The number of carbonyl (C=O) groups excluding carboxylic acids is 1. The first-order valence-corrected chi connectivity index (χ1v) is 5.17. The molecule has 0 saturated carbocycles. The highest BCUT2D eigenvalue weighted by Gasteiger charge is 2.27. The number of rotatable bonds is 4. The van der Waals surface area contributed by atoms with Gasteiger partial charge in [0, 0.05) is 32.0 Å². The Kier molecular flexibility index (Phi) is 4.48. The minimum atomic E-state index is 0.209. The number of likely N-dealkylation sites (tertiary alicyclic amines) is 1. The van der Waals surface area contributed by atoms with Gasteiger partial charge in [-0.2, -0.15) is 0 Å². The lowest BCUT2D eigenvalue weighted by molar-refractivity contribution is -0.131. The van der Waals surface area contributed by atoms with Crippen molar-refractivity contribution in [1.29, 1.82) is 0 Å². The molecule has 1 unspecified atom stereocenters. The first-order chi connectivity index (χ1) is 6.79. The molecule has 1 N–H and O–H groups in total. The van der Waals surface area contributed by atoms with Crippen molar-refractivity contribution >= 4 is 5.91 Å². The SMILES string of the molecule is C#CCCC(=O)N1CCCC1CNC. The molecule has 0 bridgehead atoms. The number of nitrogens with zero attached hydrogens (tertiary/aromatic N) is 1. The second-order valence-corrected chi connectivity index (χ2v) is 3.64. The molecule has 78 valence electrons. The Morgan fingerprint density at radius 3 is 3.14 bits per heavy atom. The Morgan fingerprint density at radius 1 is 1.71 bits per heavy atom. The van der Waals surface area contributed by atoms with E-state index in [0.29, 0.717) is 18.9 Å². The average molecular weight is 194 g/mol. The van der Waals surface area contributed by atoms with Gasteiger partial charge in [0.15, 0.2) is 0 Å². The fourth-order valence-electron chi connectivity index (χ4n) is 1.93. The smallest absolute Gasteiger partial charge is 0.223 e. The van der Waals surface area contributed by atoms with Crippen LogP contribution in [0.1, 0.15) is 25.7 Å². The Bertz CT molecular complexity index is 232. The molecule has 0 aromatic carbocycles. The van der Waals surface area contributed by atoms with E-state index in [1.54, 1.807) is 0 Å². The van der Waals surface area contributed by atoms with Crippen LogP contribution in [0.25, 0.3) is 0 Å². The normalized spacial score (nSPS) is 20.9. The van der Waals surface area contributed by atoms with Gasteiger partial charge in [0.2, 0.25) is 5.91 Å². The molecule has 3 nitrogen and oxygen atoms in total. The van der Waals surface area contributed by atoms with Crippen LogP contribution in [0.15, 0.2) is 0 Å². The summed E-state index contributed by atoms with van der Waals surface area (Å²) < 4.78 is 0. The van der Waals surface area contributed by atoms with Gasteiger partial charge in [0.1, 0.15) is 0 Å². The van der Waals surface area contributed by atoms with Crippen LogP contribution in [0.2, 0.25) is 0 Å². The summed E-state index contributed by atoms with van der Waals surface area (Å²) in [4.78, 5) is 13.7. The summed E-state index contributed by atoms with van der Waals surface area (Å²) in [5.41, 5.74) is 0. The van der Waals surface area contributed by atoms with Crippen molar-refractivity contribution < 1.29 is 4.79 Å². The van der Waals surface area contributed by atoms with E-state index in [0.717, 1.165) is 25.9 Å². The molecule has 0 spiro atoms. The summed E-state index contributed by atoms with van der Waals surface area (Å²) in [5, 5.41) is 3.12. The summed E-state index contributed by atoms with van der Waals surface area (Å²) in [5.74, 6) is 2.71. The third kappa shape index (κ3) is 2.74. The zero-order valence-corrected chi connectivity index (χ0v) is 8.75. The van der Waals surface area contributed by atoms with E-state index < -0.39 is 0 Å².